The molecule has 4 heteroatoms. The highest BCUT2D eigenvalue weighted by Gasteiger charge is 2.34. The first-order valence-corrected chi connectivity index (χ1v) is 4.91. The molecule has 15 heavy (non-hydrogen) atoms. The van der Waals surface area contributed by atoms with Crippen LogP contribution in [0.4, 0.5) is 8.78 Å². The Morgan fingerprint density at radius 1 is 1.40 bits per heavy atom. The van der Waals surface area contributed by atoms with Gasteiger partial charge in [-0.25, -0.2) is 8.78 Å². The summed E-state index contributed by atoms with van der Waals surface area (Å²) < 4.78 is 25.9. The number of benzene rings is 1. The quantitative estimate of drug-likeness (QED) is 0.805. The van der Waals surface area contributed by atoms with Gasteiger partial charge in [0.25, 0.3) is 0 Å². The molecule has 82 valence electrons. The van der Waals surface area contributed by atoms with Crippen LogP contribution in [0.5, 0.6) is 0 Å². The zero-order valence-electron chi connectivity index (χ0n) is 8.63. The van der Waals surface area contributed by atoms with Gasteiger partial charge in [0, 0.05) is 36.8 Å². The molecule has 0 aliphatic carbocycles. The molecule has 0 aromatic heterocycles. The van der Waals surface area contributed by atoms with Crippen molar-refractivity contribution in [1.29, 1.82) is 0 Å². The van der Waals surface area contributed by atoms with Crippen LogP contribution in [0.1, 0.15) is 12.5 Å². The molecular formula is C11H14F2N2. The van der Waals surface area contributed by atoms with Crippen molar-refractivity contribution < 1.29 is 8.78 Å². The molecule has 0 unspecified atom stereocenters. The van der Waals surface area contributed by atoms with Crippen molar-refractivity contribution in [2.45, 2.75) is 19.0 Å². The zero-order chi connectivity index (χ0) is 11.1. The Balaban J connectivity index is 2.00. The van der Waals surface area contributed by atoms with Gasteiger partial charge >= 0.3 is 0 Å². The molecule has 0 saturated carbocycles. The van der Waals surface area contributed by atoms with Crippen LogP contribution in [0, 0.1) is 11.6 Å². The molecule has 0 amide bonds. The van der Waals surface area contributed by atoms with Crippen molar-refractivity contribution in [2.75, 3.05) is 13.1 Å². The van der Waals surface area contributed by atoms with Crippen LogP contribution in [-0.4, -0.2) is 23.5 Å². The van der Waals surface area contributed by atoms with E-state index in [1.807, 2.05) is 11.8 Å². The number of nitrogens with zero attached hydrogens (tertiary/aromatic N) is 1. The molecule has 1 saturated heterocycles. The lowest BCUT2D eigenvalue weighted by Gasteiger charge is -2.45. The monoisotopic (exact) mass is 212 g/mol. The van der Waals surface area contributed by atoms with Gasteiger partial charge in [-0.1, -0.05) is 6.07 Å². The summed E-state index contributed by atoms with van der Waals surface area (Å²) in [5.41, 5.74) is 6.20. The molecule has 0 bridgehead atoms. The van der Waals surface area contributed by atoms with E-state index in [0.717, 1.165) is 19.2 Å². The third-order valence-electron chi connectivity index (χ3n) is 2.58. The summed E-state index contributed by atoms with van der Waals surface area (Å²) in [6, 6.07) is 3.67. The van der Waals surface area contributed by atoms with Crippen LogP contribution >= 0.6 is 0 Å². The minimum Gasteiger partial charge on any atom is -0.323 e. The SMILES string of the molecule is CC1(N)CN(Cc2ccc(F)cc2F)C1. The van der Waals surface area contributed by atoms with Crippen molar-refractivity contribution in [3.8, 4) is 0 Å². The summed E-state index contributed by atoms with van der Waals surface area (Å²) in [6.45, 7) is 3.97. The summed E-state index contributed by atoms with van der Waals surface area (Å²) in [7, 11) is 0. The third-order valence-corrected chi connectivity index (χ3v) is 2.58. The summed E-state index contributed by atoms with van der Waals surface area (Å²) in [4.78, 5) is 2.04. The van der Waals surface area contributed by atoms with Crippen molar-refractivity contribution in [1.82, 2.24) is 4.90 Å². The average molecular weight is 212 g/mol. The Bertz CT molecular complexity index is 369. The molecule has 0 radical (unpaired) electrons. The van der Waals surface area contributed by atoms with E-state index in [2.05, 4.69) is 0 Å². The Hall–Kier alpha value is -1.00. The number of hydrogen-bond donors (Lipinski definition) is 1. The summed E-state index contributed by atoms with van der Waals surface area (Å²) in [5.74, 6) is -1.02. The fourth-order valence-electron chi connectivity index (χ4n) is 1.98. The smallest absolute Gasteiger partial charge is 0.130 e. The maximum Gasteiger partial charge on any atom is 0.130 e. The Morgan fingerprint density at radius 2 is 2.07 bits per heavy atom. The van der Waals surface area contributed by atoms with Gasteiger partial charge < -0.3 is 5.73 Å². The van der Waals surface area contributed by atoms with Crippen LogP contribution in [0.15, 0.2) is 18.2 Å². The highest BCUT2D eigenvalue weighted by Crippen LogP contribution is 2.21. The first-order valence-electron chi connectivity index (χ1n) is 4.91. The molecule has 2 rings (SSSR count). The first-order chi connectivity index (χ1) is 6.96. The van der Waals surface area contributed by atoms with Crippen LogP contribution in [0.3, 0.4) is 0 Å². The maximum absolute atomic E-state index is 13.3. The van der Waals surface area contributed by atoms with Gasteiger partial charge in [-0.2, -0.15) is 0 Å². The van der Waals surface area contributed by atoms with Gasteiger partial charge in [-0.05, 0) is 13.0 Å². The molecule has 0 spiro atoms. The van der Waals surface area contributed by atoms with Gasteiger partial charge in [0.15, 0.2) is 0 Å². The van der Waals surface area contributed by atoms with E-state index in [1.165, 1.54) is 12.1 Å². The van der Waals surface area contributed by atoms with Crippen molar-refractivity contribution >= 4 is 0 Å². The van der Waals surface area contributed by atoms with Gasteiger partial charge in [0.05, 0.1) is 0 Å². The number of rotatable bonds is 2. The van der Waals surface area contributed by atoms with Gasteiger partial charge in [-0.3, -0.25) is 4.90 Å². The lowest BCUT2D eigenvalue weighted by Crippen LogP contribution is -2.64. The normalized spacial score (nSPS) is 20.0. The second-order valence-corrected chi connectivity index (χ2v) is 4.53. The molecule has 0 atom stereocenters. The van der Waals surface area contributed by atoms with Gasteiger partial charge in [0.2, 0.25) is 0 Å². The number of nitrogens with two attached hydrogens (primary N) is 1. The Morgan fingerprint density at radius 3 is 2.60 bits per heavy atom. The molecule has 1 heterocycles. The Labute approximate surface area is 87.7 Å². The van der Waals surface area contributed by atoms with Gasteiger partial charge in [0.1, 0.15) is 11.6 Å². The first kappa shape index (κ1) is 10.5. The predicted octanol–water partition coefficient (Wildman–Crippen LogP) is 1.50. The molecule has 1 aromatic carbocycles. The van der Waals surface area contributed by atoms with Crippen LogP contribution in [0.25, 0.3) is 0 Å². The highest BCUT2D eigenvalue weighted by molar-refractivity contribution is 5.19. The number of hydrogen-bond acceptors (Lipinski definition) is 2. The van der Waals surface area contributed by atoms with Crippen LogP contribution in [0.2, 0.25) is 0 Å². The van der Waals surface area contributed by atoms with E-state index in [0.29, 0.717) is 12.1 Å². The van der Waals surface area contributed by atoms with Crippen LogP contribution < -0.4 is 5.73 Å². The molecule has 1 aliphatic heterocycles. The molecular weight excluding hydrogens is 198 g/mol. The number of halogens is 2. The summed E-state index contributed by atoms with van der Waals surface area (Å²) in [6.07, 6.45) is 0. The van der Waals surface area contributed by atoms with E-state index in [9.17, 15) is 8.78 Å². The average Bonchev–Trinajstić information content (AvgIpc) is 2.06. The summed E-state index contributed by atoms with van der Waals surface area (Å²) in [5, 5.41) is 0. The topological polar surface area (TPSA) is 29.3 Å². The fraction of sp³-hybridized carbons (Fsp3) is 0.455. The largest absolute Gasteiger partial charge is 0.323 e. The minimum atomic E-state index is -0.538. The molecule has 1 aromatic rings. The molecule has 2 N–H and O–H groups in total. The van der Waals surface area contributed by atoms with Crippen LogP contribution in [-0.2, 0) is 6.54 Å². The number of likely N-dealkylation sites (tertiary alicyclic amines) is 1. The standard InChI is InChI=1S/C11H14F2N2/c1-11(14)6-15(7-11)5-8-2-3-9(12)4-10(8)13/h2-4H,5-7,14H2,1H3. The fourth-order valence-corrected chi connectivity index (χ4v) is 1.98. The lowest BCUT2D eigenvalue weighted by atomic mass is 9.93. The Kier molecular flexibility index (Phi) is 2.48. The van der Waals surface area contributed by atoms with E-state index in [-0.39, 0.29) is 5.54 Å². The minimum absolute atomic E-state index is 0.156. The van der Waals surface area contributed by atoms with Crippen molar-refractivity contribution in [2.24, 2.45) is 5.73 Å². The lowest BCUT2D eigenvalue weighted by molar-refractivity contribution is 0.0752. The molecule has 2 nitrogen and oxygen atoms in total. The molecule has 1 aliphatic rings. The third kappa shape index (κ3) is 2.33. The highest BCUT2D eigenvalue weighted by atomic mass is 19.1. The van der Waals surface area contributed by atoms with Crippen molar-refractivity contribution in [3.63, 3.8) is 0 Å². The van der Waals surface area contributed by atoms with E-state index < -0.39 is 11.6 Å². The van der Waals surface area contributed by atoms with E-state index in [4.69, 9.17) is 5.73 Å². The zero-order valence-corrected chi connectivity index (χ0v) is 8.63. The molecule has 1 fully saturated rings. The maximum atomic E-state index is 13.3. The second kappa shape index (κ2) is 3.54. The predicted molar refractivity (Wildman–Crippen MR) is 54.2 cm³/mol. The van der Waals surface area contributed by atoms with E-state index in [1.54, 1.807) is 0 Å². The van der Waals surface area contributed by atoms with Gasteiger partial charge in [-0.15, -0.1) is 0 Å². The van der Waals surface area contributed by atoms with E-state index >= 15 is 0 Å². The second-order valence-electron chi connectivity index (χ2n) is 4.53. The summed E-state index contributed by atoms with van der Waals surface area (Å²) >= 11 is 0. The van der Waals surface area contributed by atoms with Crippen molar-refractivity contribution in [3.05, 3.63) is 35.4 Å².